The van der Waals surface area contributed by atoms with Crippen molar-refractivity contribution >= 4 is 16.1 Å². The Morgan fingerprint density at radius 1 is 1.04 bits per heavy atom. The van der Waals surface area contributed by atoms with E-state index in [4.69, 9.17) is 9.88 Å². The van der Waals surface area contributed by atoms with Crippen LogP contribution in [0.4, 0.5) is 13.6 Å². The molecule has 0 radical (unpaired) electrons. The molecule has 27 heavy (non-hydrogen) atoms. The molecule has 4 N–H and O–H groups in total. The number of carbonyl (C=O) groups excluding carboxylic acids is 1. The van der Waals surface area contributed by atoms with Gasteiger partial charge in [-0.25, -0.2) is 27.1 Å². The van der Waals surface area contributed by atoms with Gasteiger partial charge in [-0.15, -0.1) is 0 Å². The van der Waals surface area contributed by atoms with Gasteiger partial charge >= 0.3 is 6.03 Å². The molecule has 0 aliphatic rings. The van der Waals surface area contributed by atoms with Crippen molar-refractivity contribution in [2.75, 3.05) is 19.7 Å². The maximum atomic E-state index is 13.3. The van der Waals surface area contributed by atoms with Gasteiger partial charge < -0.3 is 15.4 Å². The lowest BCUT2D eigenvalue weighted by molar-refractivity contribution is 0.236. The molecule has 0 atom stereocenters. The van der Waals surface area contributed by atoms with Crippen molar-refractivity contribution in [2.45, 2.75) is 11.3 Å². The SMILES string of the molecule is NS(=O)(=O)c1ccc(CCNC(=O)NCCOc2ccc(F)cc2F)cc1. The van der Waals surface area contributed by atoms with Gasteiger partial charge in [0.1, 0.15) is 12.4 Å². The summed E-state index contributed by atoms with van der Waals surface area (Å²) in [5, 5.41) is 10.2. The first-order valence-corrected chi connectivity index (χ1v) is 9.51. The number of ether oxygens (including phenoxy) is 1. The molecule has 0 spiro atoms. The average Bonchev–Trinajstić information content (AvgIpc) is 2.60. The van der Waals surface area contributed by atoms with E-state index in [1.165, 1.54) is 18.2 Å². The van der Waals surface area contributed by atoms with Gasteiger partial charge in [-0.1, -0.05) is 12.1 Å². The highest BCUT2D eigenvalue weighted by Gasteiger charge is 2.07. The second-order valence-corrected chi connectivity index (χ2v) is 7.11. The smallest absolute Gasteiger partial charge is 0.314 e. The number of benzene rings is 2. The fourth-order valence-corrected chi connectivity index (χ4v) is 2.66. The molecule has 0 bridgehead atoms. The van der Waals surface area contributed by atoms with Crippen molar-refractivity contribution < 1.29 is 26.7 Å². The number of rotatable bonds is 8. The van der Waals surface area contributed by atoms with Gasteiger partial charge in [0.25, 0.3) is 0 Å². The highest BCUT2D eigenvalue weighted by Crippen LogP contribution is 2.17. The minimum atomic E-state index is -3.72. The summed E-state index contributed by atoms with van der Waals surface area (Å²) in [6, 6.07) is 8.56. The average molecular weight is 399 g/mol. The number of hydrogen-bond donors (Lipinski definition) is 3. The van der Waals surface area contributed by atoms with Crippen molar-refractivity contribution in [1.82, 2.24) is 10.6 Å². The topological polar surface area (TPSA) is 111 Å². The summed E-state index contributed by atoms with van der Waals surface area (Å²) < 4.78 is 53.5. The number of urea groups is 1. The Balaban J connectivity index is 1.65. The van der Waals surface area contributed by atoms with Crippen molar-refractivity contribution in [1.29, 1.82) is 0 Å². The number of nitrogens with one attached hydrogen (secondary N) is 2. The highest BCUT2D eigenvalue weighted by atomic mass is 32.2. The summed E-state index contributed by atoms with van der Waals surface area (Å²) in [6.45, 7) is 0.477. The maximum Gasteiger partial charge on any atom is 0.314 e. The molecule has 0 unspecified atom stereocenters. The molecule has 0 saturated heterocycles. The first kappa shape index (κ1) is 20.6. The van der Waals surface area contributed by atoms with Crippen LogP contribution in [0.5, 0.6) is 5.75 Å². The third-order valence-corrected chi connectivity index (χ3v) is 4.42. The van der Waals surface area contributed by atoms with Crippen LogP contribution in [0.15, 0.2) is 47.4 Å². The van der Waals surface area contributed by atoms with Crippen LogP contribution in [0.25, 0.3) is 0 Å². The normalized spacial score (nSPS) is 11.1. The molecule has 0 saturated carbocycles. The Labute approximate surface area is 155 Å². The molecule has 0 aliphatic heterocycles. The Kier molecular flexibility index (Phi) is 7.08. The van der Waals surface area contributed by atoms with Gasteiger partial charge in [0, 0.05) is 12.6 Å². The Bertz CT molecular complexity index is 890. The zero-order valence-electron chi connectivity index (χ0n) is 14.2. The Hall–Kier alpha value is -2.72. The number of amides is 2. The number of nitrogens with two attached hydrogens (primary N) is 1. The van der Waals surface area contributed by atoms with E-state index < -0.39 is 27.7 Å². The second kappa shape index (κ2) is 9.28. The monoisotopic (exact) mass is 399 g/mol. The van der Waals surface area contributed by atoms with Crippen molar-refractivity contribution in [2.24, 2.45) is 5.14 Å². The predicted molar refractivity (Wildman–Crippen MR) is 94.8 cm³/mol. The molecule has 0 aliphatic carbocycles. The van der Waals surface area contributed by atoms with Gasteiger partial charge in [0.15, 0.2) is 11.6 Å². The summed E-state index contributed by atoms with van der Waals surface area (Å²) in [5.74, 6) is -1.61. The van der Waals surface area contributed by atoms with Gasteiger partial charge in [0.2, 0.25) is 10.0 Å². The zero-order valence-corrected chi connectivity index (χ0v) is 15.1. The first-order valence-electron chi connectivity index (χ1n) is 7.97. The highest BCUT2D eigenvalue weighted by molar-refractivity contribution is 7.89. The molecule has 2 aromatic rings. The molecule has 0 heterocycles. The lowest BCUT2D eigenvalue weighted by Crippen LogP contribution is -2.38. The van der Waals surface area contributed by atoms with E-state index in [2.05, 4.69) is 10.6 Å². The zero-order chi connectivity index (χ0) is 19.9. The van der Waals surface area contributed by atoms with Crippen LogP contribution in [-0.4, -0.2) is 34.1 Å². The van der Waals surface area contributed by atoms with E-state index in [0.29, 0.717) is 19.0 Å². The van der Waals surface area contributed by atoms with E-state index in [9.17, 15) is 22.0 Å². The second-order valence-electron chi connectivity index (χ2n) is 5.54. The van der Waals surface area contributed by atoms with E-state index in [-0.39, 0.29) is 23.8 Å². The summed E-state index contributed by atoms with van der Waals surface area (Å²) in [4.78, 5) is 11.7. The third kappa shape index (κ3) is 6.83. The molecule has 2 aromatic carbocycles. The fourth-order valence-electron chi connectivity index (χ4n) is 2.15. The lowest BCUT2D eigenvalue weighted by Gasteiger charge is -2.10. The molecule has 146 valence electrons. The van der Waals surface area contributed by atoms with Crippen molar-refractivity contribution in [3.63, 3.8) is 0 Å². The largest absolute Gasteiger partial charge is 0.489 e. The first-order chi connectivity index (χ1) is 12.8. The van der Waals surface area contributed by atoms with Crippen LogP contribution >= 0.6 is 0 Å². The molecule has 2 amide bonds. The van der Waals surface area contributed by atoms with Gasteiger partial charge in [0.05, 0.1) is 11.4 Å². The summed E-state index contributed by atoms with van der Waals surface area (Å²) in [5.41, 5.74) is 0.831. The third-order valence-electron chi connectivity index (χ3n) is 3.49. The summed E-state index contributed by atoms with van der Waals surface area (Å²) in [7, 11) is -3.72. The molecule has 10 heteroatoms. The Morgan fingerprint density at radius 2 is 1.70 bits per heavy atom. The molecule has 0 fully saturated rings. The van der Waals surface area contributed by atoms with Crippen molar-refractivity contribution in [3.05, 3.63) is 59.7 Å². The quantitative estimate of drug-likeness (QED) is 0.585. The molecule has 7 nitrogen and oxygen atoms in total. The van der Waals surface area contributed by atoms with Crippen molar-refractivity contribution in [3.8, 4) is 5.75 Å². The van der Waals surface area contributed by atoms with Gasteiger partial charge in [-0.05, 0) is 36.2 Å². The van der Waals surface area contributed by atoms with E-state index in [1.807, 2.05) is 0 Å². The predicted octanol–water partition coefficient (Wildman–Crippen LogP) is 1.53. The maximum absolute atomic E-state index is 13.3. The van der Waals surface area contributed by atoms with Crippen LogP contribution in [0.3, 0.4) is 0 Å². The van der Waals surface area contributed by atoms with Crippen LogP contribution < -0.4 is 20.5 Å². The van der Waals surface area contributed by atoms with Crippen LogP contribution in [0.2, 0.25) is 0 Å². The molecule has 2 rings (SSSR count). The lowest BCUT2D eigenvalue weighted by atomic mass is 10.1. The molecular formula is C17H19F2N3O4S. The van der Waals surface area contributed by atoms with E-state index in [0.717, 1.165) is 11.6 Å². The fraction of sp³-hybridized carbons (Fsp3) is 0.235. The number of sulfonamides is 1. The van der Waals surface area contributed by atoms with Crippen LogP contribution in [0, 0.1) is 11.6 Å². The standard InChI is InChI=1S/C17H19F2N3O4S/c18-13-3-6-16(15(19)11-13)26-10-9-22-17(23)21-8-7-12-1-4-14(5-2-12)27(20,24)25/h1-6,11H,7-10H2,(H2,20,24,25)(H2,21,22,23). The number of halogens is 2. The minimum Gasteiger partial charge on any atom is -0.489 e. The number of carbonyl (C=O) groups is 1. The summed E-state index contributed by atoms with van der Waals surface area (Å²) in [6.07, 6.45) is 0.496. The van der Waals surface area contributed by atoms with Gasteiger partial charge in [-0.3, -0.25) is 0 Å². The van der Waals surface area contributed by atoms with E-state index >= 15 is 0 Å². The summed E-state index contributed by atoms with van der Waals surface area (Å²) >= 11 is 0. The van der Waals surface area contributed by atoms with Crippen LogP contribution in [0.1, 0.15) is 5.56 Å². The van der Waals surface area contributed by atoms with Gasteiger partial charge in [-0.2, -0.15) is 0 Å². The number of hydrogen-bond acceptors (Lipinski definition) is 4. The Morgan fingerprint density at radius 3 is 2.33 bits per heavy atom. The van der Waals surface area contributed by atoms with E-state index in [1.54, 1.807) is 12.1 Å². The minimum absolute atomic E-state index is 0.0188. The number of primary sulfonamides is 1. The molecular weight excluding hydrogens is 380 g/mol. The van der Waals surface area contributed by atoms with Crippen LogP contribution in [-0.2, 0) is 16.4 Å². The molecule has 0 aromatic heterocycles.